The summed E-state index contributed by atoms with van der Waals surface area (Å²) in [6, 6.07) is 0. The van der Waals surface area contributed by atoms with E-state index in [0.717, 1.165) is 0 Å². The first-order chi connectivity index (χ1) is 1.73. The molecular formula is H6Ca2O3Ti. The molecule has 0 saturated heterocycles. The van der Waals surface area contributed by atoms with Crippen LogP contribution in [0.4, 0.5) is 0 Å². The van der Waals surface area contributed by atoms with Crippen molar-refractivity contribution in [1.29, 1.82) is 0 Å². The molecule has 0 unspecified atom stereocenters. The van der Waals surface area contributed by atoms with Crippen molar-refractivity contribution >= 4 is 75.5 Å². The molecule has 3 nitrogen and oxygen atoms in total. The van der Waals surface area contributed by atoms with Crippen molar-refractivity contribution in [2.45, 2.75) is 0 Å². The van der Waals surface area contributed by atoms with E-state index in [4.69, 9.17) is 10.7 Å². The normalized spacial score (nSPS) is 4.33. The van der Waals surface area contributed by atoms with Crippen LogP contribution >= 0.6 is 0 Å². The molecule has 32 valence electrons. The van der Waals surface area contributed by atoms with Crippen LogP contribution in [-0.2, 0) is 21.9 Å². The van der Waals surface area contributed by atoms with Gasteiger partial charge in [0.15, 0.2) is 0 Å². The molecule has 0 rings (SSSR count). The molecule has 0 saturated carbocycles. The molecule has 2 N–H and O–H groups in total. The Kier molecular flexibility index (Phi) is 28.9. The minimum absolute atomic E-state index is 0. The van der Waals surface area contributed by atoms with Crippen LogP contribution in [0.25, 0.3) is 0 Å². The van der Waals surface area contributed by atoms with Crippen LogP contribution in [-0.4, -0.2) is 82.9 Å². The number of hydrogen-bond donors (Lipinski definition) is 2. The third-order valence-corrected chi connectivity index (χ3v) is 0. The molecule has 0 atom stereocenters. The molecule has 0 aromatic rings. The van der Waals surface area contributed by atoms with Crippen LogP contribution in [0.15, 0.2) is 0 Å². The Hall–Kier alpha value is 2.95. The van der Waals surface area contributed by atoms with E-state index in [0.29, 0.717) is 0 Å². The van der Waals surface area contributed by atoms with Gasteiger partial charge in [-0.3, -0.25) is 0 Å². The van der Waals surface area contributed by atoms with Gasteiger partial charge >= 0.3 is 105 Å². The van der Waals surface area contributed by atoms with E-state index in [-0.39, 0.29) is 81.2 Å². The minimum atomic E-state index is -3.58. The zero-order valence-corrected chi connectivity index (χ0v) is 9.20. The van der Waals surface area contributed by atoms with Crippen LogP contribution in [0.2, 0.25) is 0 Å². The summed E-state index contributed by atoms with van der Waals surface area (Å²) in [7, 11) is 0. The number of hydrogen-bond acceptors (Lipinski definition) is 1. The maximum absolute atomic E-state index is 8.81. The van der Waals surface area contributed by atoms with E-state index < -0.39 is 18.6 Å². The first kappa shape index (κ1) is 16.0. The Labute approximate surface area is 108 Å². The molecule has 0 fully saturated rings. The molecule has 0 aliphatic heterocycles. The van der Waals surface area contributed by atoms with Gasteiger partial charge in [0.05, 0.1) is 0 Å². The third kappa shape index (κ3) is 28.3. The SMILES string of the molecule is [Ca+2].[Ca+2].[H-].[H-].[H-].[H-].[O]=[Ti]([OH])[OH]. The molecule has 0 aliphatic carbocycles. The second kappa shape index (κ2) is 10.8. The molecule has 0 aromatic carbocycles. The van der Waals surface area contributed by atoms with Crippen molar-refractivity contribution in [2.24, 2.45) is 0 Å². The van der Waals surface area contributed by atoms with Crippen molar-refractivity contribution in [2.75, 3.05) is 0 Å². The molecule has 0 spiro atoms. The molecule has 0 bridgehead atoms. The summed E-state index contributed by atoms with van der Waals surface area (Å²) in [5.41, 5.74) is 0. The zero-order chi connectivity index (χ0) is 3.58. The summed E-state index contributed by atoms with van der Waals surface area (Å²) < 4.78 is 23.2. The van der Waals surface area contributed by atoms with Gasteiger partial charge in [-0.15, -0.1) is 0 Å². The fourth-order valence-corrected chi connectivity index (χ4v) is 0. The molecule has 0 radical (unpaired) electrons. The molecular weight excluding hydrogens is 176 g/mol. The van der Waals surface area contributed by atoms with E-state index in [9.17, 15) is 0 Å². The summed E-state index contributed by atoms with van der Waals surface area (Å²) in [5.74, 6) is 0. The summed E-state index contributed by atoms with van der Waals surface area (Å²) >= 11 is -3.58. The van der Waals surface area contributed by atoms with Gasteiger partial charge in [-0.2, -0.15) is 0 Å². The van der Waals surface area contributed by atoms with Gasteiger partial charge in [0, 0.05) is 0 Å². The fraction of sp³-hybridized carbons (Fsp3) is 0. The summed E-state index contributed by atoms with van der Waals surface area (Å²) in [6.07, 6.45) is 0. The summed E-state index contributed by atoms with van der Waals surface area (Å²) in [6.45, 7) is 0. The predicted octanol–water partition coefficient (Wildman–Crippen LogP) is -1.55. The Morgan fingerprint density at radius 2 is 1.33 bits per heavy atom. The summed E-state index contributed by atoms with van der Waals surface area (Å²) in [5, 5.41) is 0. The van der Waals surface area contributed by atoms with Crippen molar-refractivity contribution in [1.82, 2.24) is 0 Å². The van der Waals surface area contributed by atoms with Gasteiger partial charge in [-0.05, 0) is 0 Å². The van der Waals surface area contributed by atoms with Crippen LogP contribution in [0, 0.1) is 0 Å². The van der Waals surface area contributed by atoms with Crippen molar-refractivity contribution < 1.29 is 35.0 Å². The van der Waals surface area contributed by atoms with E-state index in [1.165, 1.54) is 0 Å². The summed E-state index contributed by atoms with van der Waals surface area (Å²) in [4.78, 5) is 0. The van der Waals surface area contributed by atoms with Crippen molar-refractivity contribution in [3.63, 3.8) is 0 Å². The van der Waals surface area contributed by atoms with E-state index in [1.807, 2.05) is 0 Å². The van der Waals surface area contributed by atoms with Crippen LogP contribution in [0.1, 0.15) is 5.71 Å². The van der Waals surface area contributed by atoms with E-state index >= 15 is 0 Å². The monoisotopic (exact) mass is 182 g/mol. The van der Waals surface area contributed by atoms with Gasteiger partial charge in [-0.1, -0.05) is 0 Å². The third-order valence-electron chi connectivity index (χ3n) is 0. The van der Waals surface area contributed by atoms with Gasteiger partial charge < -0.3 is 5.71 Å². The Balaban J connectivity index is -0.00000000300. The maximum atomic E-state index is 8.81. The first-order valence-corrected chi connectivity index (χ1v) is 2.69. The molecule has 0 aromatic heterocycles. The van der Waals surface area contributed by atoms with Crippen LogP contribution in [0.5, 0.6) is 0 Å². The van der Waals surface area contributed by atoms with Crippen LogP contribution < -0.4 is 0 Å². The van der Waals surface area contributed by atoms with Crippen molar-refractivity contribution in [3.8, 4) is 0 Å². The van der Waals surface area contributed by atoms with Crippen molar-refractivity contribution in [3.05, 3.63) is 0 Å². The second-order valence-corrected chi connectivity index (χ2v) is 1.17. The average Bonchev–Trinajstić information content (AvgIpc) is 0.811. The van der Waals surface area contributed by atoms with E-state index in [2.05, 4.69) is 0 Å². The Morgan fingerprint density at radius 1 is 1.33 bits per heavy atom. The van der Waals surface area contributed by atoms with Gasteiger partial charge in [0.1, 0.15) is 0 Å². The second-order valence-electron chi connectivity index (χ2n) is 0.283. The Morgan fingerprint density at radius 3 is 1.33 bits per heavy atom. The van der Waals surface area contributed by atoms with Gasteiger partial charge in [0.2, 0.25) is 0 Å². The standard InChI is InChI=1S/2Ca.2H2O.O.Ti.4H/h;;2*1H2;;;;;;/q2*+2;;;;+2;4*-1/p-2. The fourth-order valence-electron chi connectivity index (χ4n) is 0. The van der Waals surface area contributed by atoms with Gasteiger partial charge in [0.25, 0.3) is 0 Å². The molecule has 6 heavy (non-hydrogen) atoms. The topological polar surface area (TPSA) is 57.5 Å². The number of rotatable bonds is 0. The quantitative estimate of drug-likeness (QED) is 0.446. The first-order valence-electron chi connectivity index (χ1n) is 0.651. The molecule has 0 heterocycles. The van der Waals surface area contributed by atoms with Gasteiger partial charge in [-0.25, -0.2) is 0 Å². The average molecular weight is 182 g/mol. The predicted molar refractivity (Wildman–Crippen MR) is 21.1 cm³/mol. The molecule has 0 amide bonds. The van der Waals surface area contributed by atoms with E-state index in [1.54, 1.807) is 0 Å². The van der Waals surface area contributed by atoms with Crippen LogP contribution in [0.3, 0.4) is 0 Å². The molecule has 6 heteroatoms. The zero-order valence-electron chi connectivity index (χ0n) is 7.22. The Bertz CT molecular complexity index is 41.5. The molecule has 0 aliphatic rings.